The van der Waals surface area contributed by atoms with E-state index >= 15 is 0 Å². The molecule has 1 aliphatic rings. The molecule has 0 radical (unpaired) electrons. The maximum Gasteiger partial charge on any atom is 0.109 e. The Morgan fingerprint density at radius 2 is 1.91 bits per heavy atom. The average molecular weight is 152 g/mol. The molecule has 0 aromatic heterocycles. The minimum Gasteiger partial charge on any atom is -0.277 e. The molecule has 0 aliphatic heterocycles. The van der Waals surface area contributed by atoms with E-state index in [1.807, 2.05) is 6.21 Å². The zero-order valence-electron chi connectivity index (χ0n) is 7.49. The molecule has 0 spiro atoms. The van der Waals surface area contributed by atoms with Crippen LogP contribution in [0.15, 0.2) is 9.98 Å². The molecule has 1 saturated carbocycles. The number of aliphatic imine (C=N–C) groups is 2. The summed E-state index contributed by atoms with van der Waals surface area (Å²) in [7, 11) is 1.74. The Labute approximate surface area is 68.4 Å². The van der Waals surface area contributed by atoms with E-state index in [1.165, 1.54) is 6.42 Å². The van der Waals surface area contributed by atoms with Crippen molar-refractivity contribution in [1.82, 2.24) is 0 Å². The van der Waals surface area contributed by atoms with Crippen LogP contribution in [0, 0.1) is 17.8 Å². The maximum absolute atomic E-state index is 4.10. The molecule has 0 heterocycles. The Balaban J connectivity index is 2.36. The van der Waals surface area contributed by atoms with Crippen molar-refractivity contribution in [3.63, 3.8) is 0 Å². The second-order valence-electron chi connectivity index (χ2n) is 3.44. The maximum atomic E-state index is 4.10. The van der Waals surface area contributed by atoms with Crippen LogP contribution < -0.4 is 0 Å². The van der Waals surface area contributed by atoms with Gasteiger partial charge in [0, 0.05) is 13.3 Å². The summed E-state index contributed by atoms with van der Waals surface area (Å²) in [5, 5.41) is 0. The molecule has 0 saturated heterocycles. The van der Waals surface area contributed by atoms with Crippen molar-refractivity contribution < 1.29 is 0 Å². The van der Waals surface area contributed by atoms with Crippen molar-refractivity contribution in [3.05, 3.63) is 0 Å². The van der Waals surface area contributed by atoms with E-state index in [2.05, 4.69) is 23.8 Å². The molecule has 2 nitrogen and oxygen atoms in total. The third-order valence-corrected chi connectivity index (χ3v) is 2.50. The fourth-order valence-electron chi connectivity index (χ4n) is 1.76. The summed E-state index contributed by atoms with van der Waals surface area (Å²) in [6, 6.07) is 0. The topological polar surface area (TPSA) is 24.7 Å². The van der Waals surface area contributed by atoms with E-state index in [4.69, 9.17) is 0 Å². The van der Waals surface area contributed by atoms with Crippen LogP contribution in [0.25, 0.3) is 0 Å². The lowest BCUT2D eigenvalue weighted by Gasteiger charge is -2.38. The van der Waals surface area contributed by atoms with Gasteiger partial charge in [-0.3, -0.25) is 4.99 Å². The lowest BCUT2D eigenvalue weighted by atomic mass is 9.67. The Hall–Kier alpha value is -0.660. The van der Waals surface area contributed by atoms with Gasteiger partial charge in [0.2, 0.25) is 0 Å². The molecule has 0 aromatic carbocycles. The quantitative estimate of drug-likeness (QED) is 0.427. The van der Waals surface area contributed by atoms with Gasteiger partial charge in [0.25, 0.3) is 0 Å². The molecule has 1 fully saturated rings. The second-order valence-corrected chi connectivity index (χ2v) is 3.44. The predicted octanol–water partition coefficient (Wildman–Crippen LogP) is 2.01. The molecular formula is C9H16N2. The number of nitrogens with zero attached hydrogens (tertiary/aromatic N) is 2. The smallest absolute Gasteiger partial charge is 0.109 e. The average Bonchev–Trinajstić information content (AvgIpc) is 1.98. The first-order chi connectivity index (χ1) is 5.25. The van der Waals surface area contributed by atoms with E-state index in [0.29, 0.717) is 5.92 Å². The van der Waals surface area contributed by atoms with Crippen molar-refractivity contribution in [2.45, 2.75) is 20.3 Å². The van der Waals surface area contributed by atoms with Gasteiger partial charge in [-0.15, -0.1) is 0 Å². The molecule has 0 bridgehead atoms. The highest BCUT2D eigenvalue weighted by molar-refractivity contribution is 5.74. The Kier molecular flexibility index (Phi) is 2.80. The van der Waals surface area contributed by atoms with Crippen molar-refractivity contribution in [1.29, 1.82) is 0 Å². The summed E-state index contributed by atoms with van der Waals surface area (Å²) < 4.78 is 0. The van der Waals surface area contributed by atoms with Crippen LogP contribution in [0.2, 0.25) is 0 Å². The van der Waals surface area contributed by atoms with Crippen LogP contribution in [-0.4, -0.2) is 19.6 Å². The Morgan fingerprint density at radius 3 is 2.36 bits per heavy atom. The summed E-state index contributed by atoms with van der Waals surface area (Å²) in [6.07, 6.45) is 4.99. The molecular weight excluding hydrogens is 136 g/mol. The van der Waals surface area contributed by atoms with Gasteiger partial charge in [-0.1, -0.05) is 13.8 Å². The van der Waals surface area contributed by atoms with Crippen LogP contribution in [0.1, 0.15) is 20.3 Å². The molecule has 1 aliphatic carbocycles. The predicted molar refractivity (Wildman–Crippen MR) is 49.3 cm³/mol. The molecule has 0 aromatic rings. The van der Waals surface area contributed by atoms with E-state index in [-0.39, 0.29) is 0 Å². The minimum atomic E-state index is 0.688. The SMILES string of the molecule is C/N=C\N=C/C1C(C)CC1C. The second kappa shape index (κ2) is 3.65. The normalized spacial score (nSPS) is 38.3. The zero-order valence-corrected chi connectivity index (χ0v) is 7.49. The summed E-state index contributed by atoms with van der Waals surface area (Å²) in [4.78, 5) is 7.89. The van der Waals surface area contributed by atoms with Crippen molar-refractivity contribution in [2.24, 2.45) is 27.7 Å². The van der Waals surface area contributed by atoms with Gasteiger partial charge in [-0.2, -0.15) is 0 Å². The first-order valence-corrected chi connectivity index (χ1v) is 4.19. The fraction of sp³-hybridized carbons (Fsp3) is 0.778. The summed E-state index contributed by atoms with van der Waals surface area (Å²) in [5.74, 6) is 2.33. The molecule has 0 amide bonds. The van der Waals surface area contributed by atoms with Gasteiger partial charge < -0.3 is 0 Å². The van der Waals surface area contributed by atoms with Crippen molar-refractivity contribution in [2.75, 3.05) is 7.05 Å². The van der Waals surface area contributed by atoms with Crippen LogP contribution in [-0.2, 0) is 0 Å². The van der Waals surface area contributed by atoms with Crippen LogP contribution >= 0.6 is 0 Å². The molecule has 11 heavy (non-hydrogen) atoms. The summed E-state index contributed by atoms with van der Waals surface area (Å²) >= 11 is 0. The zero-order chi connectivity index (χ0) is 8.27. The highest BCUT2D eigenvalue weighted by atomic mass is 14.8. The van der Waals surface area contributed by atoms with Gasteiger partial charge in [-0.25, -0.2) is 4.99 Å². The lowest BCUT2D eigenvalue weighted by Crippen LogP contribution is -2.33. The van der Waals surface area contributed by atoms with Gasteiger partial charge in [0.1, 0.15) is 6.34 Å². The van der Waals surface area contributed by atoms with E-state index in [0.717, 1.165) is 11.8 Å². The van der Waals surface area contributed by atoms with E-state index in [1.54, 1.807) is 13.4 Å². The largest absolute Gasteiger partial charge is 0.277 e. The first-order valence-electron chi connectivity index (χ1n) is 4.19. The van der Waals surface area contributed by atoms with Gasteiger partial charge in [0.15, 0.2) is 0 Å². The van der Waals surface area contributed by atoms with Gasteiger partial charge in [0.05, 0.1) is 0 Å². The third-order valence-electron chi connectivity index (χ3n) is 2.50. The van der Waals surface area contributed by atoms with Crippen molar-refractivity contribution >= 4 is 12.6 Å². The monoisotopic (exact) mass is 152 g/mol. The van der Waals surface area contributed by atoms with Crippen molar-refractivity contribution in [3.8, 4) is 0 Å². The van der Waals surface area contributed by atoms with Crippen LogP contribution in [0.5, 0.6) is 0 Å². The fourth-order valence-corrected chi connectivity index (χ4v) is 1.76. The van der Waals surface area contributed by atoms with E-state index in [9.17, 15) is 0 Å². The third kappa shape index (κ3) is 1.88. The number of hydrogen-bond acceptors (Lipinski definition) is 1. The Bertz CT molecular complexity index is 164. The summed E-state index contributed by atoms with van der Waals surface area (Å²) in [6.45, 7) is 4.56. The minimum absolute atomic E-state index is 0.688. The first kappa shape index (κ1) is 8.44. The highest BCUT2D eigenvalue weighted by Crippen LogP contribution is 2.38. The van der Waals surface area contributed by atoms with Gasteiger partial charge in [-0.05, 0) is 24.2 Å². The molecule has 0 N–H and O–H groups in total. The molecule has 1 rings (SSSR count). The van der Waals surface area contributed by atoms with Gasteiger partial charge >= 0.3 is 0 Å². The standard InChI is InChI=1S/C9H16N2/c1-7-4-8(2)9(7)5-11-6-10-3/h5-9H,4H2,1-3H3/b10-6-,11-5-. The summed E-state index contributed by atoms with van der Waals surface area (Å²) in [5.41, 5.74) is 0. The lowest BCUT2D eigenvalue weighted by molar-refractivity contribution is 0.171. The molecule has 2 atom stereocenters. The molecule has 2 unspecified atom stereocenters. The molecule has 2 heteroatoms. The van der Waals surface area contributed by atoms with Crippen LogP contribution in [0.3, 0.4) is 0 Å². The number of hydrogen-bond donors (Lipinski definition) is 0. The van der Waals surface area contributed by atoms with Crippen LogP contribution in [0.4, 0.5) is 0 Å². The highest BCUT2D eigenvalue weighted by Gasteiger charge is 2.32. The molecule has 62 valence electrons. The number of rotatable bonds is 2. The van der Waals surface area contributed by atoms with E-state index < -0.39 is 0 Å². The Morgan fingerprint density at radius 1 is 1.27 bits per heavy atom.